The lowest BCUT2D eigenvalue weighted by molar-refractivity contribution is -0.305. The van der Waals surface area contributed by atoms with E-state index in [9.17, 15) is 9.90 Å². The molecule has 0 N–H and O–H groups in total. The summed E-state index contributed by atoms with van der Waals surface area (Å²) >= 11 is 0. The van der Waals surface area contributed by atoms with Crippen molar-refractivity contribution in [3.63, 3.8) is 0 Å². The lowest BCUT2D eigenvalue weighted by atomic mass is 10.2. The van der Waals surface area contributed by atoms with E-state index in [0.717, 1.165) is 11.2 Å². The van der Waals surface area contributed by atoms with Crippen molar-refractivity contribution in [3.05, 3.63) is 35.5 Å². The first-order valence-corrected chi connectivity index (χ1v) is 5.35. The summed E-state index contributed by atoms with van der Waals surface area (Å²) in [6.45, 7) is 4.56. The van der Waals surface area contributed by atoms with Crippen LogP contribution in [0.4, 0.5) is 0 Å². The van der Waals surface area contributed by atoms with Gasteiger partial charge in [0.15, 0.2) is 0 Å². The van der Waals surface area contributed by atoms with Gasteiger partial charge in [-0.05, 0) is 25.5 Å². The van der Waals surface area contributed by atoms with Crippen LogP contribution in [0.1, 0.15) is 17.7 Å². The van der Waals surface area contributed by atoms with Crippen molar-refractivity contribution in [1.29, 1.82) is 0 Å². The first-order chi connectivity index (χ1) is 7.61. The SMILES string of the molecule is Cc1c(C)n(CCC(=O)[O-])c2ccccc12. The van der Waals surface area contributed by atoms with Gasteiger partial charge in [0.1, 0.15) is 0 Å². The number of carboxylic acids is 1. The molecule has 3 nitrogen and oxygen atoms in total. The van der Waals surface area contributed by atoms with E-state index in [1.54, 1.807) is 0 Å². The van der Waals surface area contributed by atoms with Gasteiger partial charge >= 0.3 is 0 Å². The number of hydrogen-bond acceptors (Lipinski definition) is 2. The van der Waals surface area contributed by atoms with Crippen LogP contribution in [-0.4, -0.2) is 10.5 Å². The smallest absolute Gasteiger partial charge is 0.0485 e. The van der Waals surface area contributed by atoms with E-state index in [0.29, 0.717) is 6.54 Å². The number of carbonyl (C=O) groups excluding carboxylic acids is 1. The molecule has 0 saturated carbocycles. The number of nitrogens with zero attached hydrogens (tertiary/aromatic N) is 1. The Balaban J connectivity index is 2.51. The number of para-hydroxylation sites is 1. The number of benzene rings is 1. The molecule has 2 aromatic rings. The summed E-state index contributed by atoms with van der Waals surface area (Å²) in [5.41, 5.74) is 3.44. The van der Waals surface area contributed by atoms with Gasteiger partial charge in [0.2, 0.25) is 0 Å². The van der Waals surface area contributed by atoms with Crippen LogP contribution in [0.3, 0.4) is 0 Å². The summed E-state index contributed by atoms with van der Waals surface area (Å²) in [5, 5.41) is 11.7. The fraction of sp³-hybridized carbons (Fsp3) is 0.308. The first kappa shape index (κ1) is 10.7. The van der Waals surface area contributed by atoms with Gasteiger partial charge in [-0.3, -0.25) is 0 Å². The van der Waals surface area contributed by atoms with Crippen LogP contribution >= 0.6 is 0 Å². The van der Waals surface area contributed by atoms with E-state index in [1.165, 1.54) is 10.9 Å². The van der Waals surface area contributed by atoms with Crippen molar-refractivity contribution >= 4 is 16.9 Å². The van der Waals surface area contributed by atoms with Gasteiger partial charge in [-0.15, -0.1) is 0 Å². The molecule has 0 aliphatic carbocycles. The number of carboxylic acid groups (broad SMARTS) is 1. The lowest BCUT2D eigenvalue weighted by Gasteiger charge is -2.08. The predicted molar refractivity (Wildman–Crippen MR) is 61.0 cm³/mol. The molecule has 0 amide bonds. The van der Waals surface area contributed by atoms with Crippen molar-refractivity contribution in [2.24, 2.45) is 0 Å². The molecule has 0 unspecified atom stereocenters. The molecule has 0 spiro atoms. The summed E-state index contributed by atoms with van der Waals surface area (Å²) in [6, 6.07) is 8.05. The first-order valence-electron chi connectivity index (χ1n) is 5.35. The Morgan fingerprint density at radius 2 is 2.00 bits per heavy atom. The van der Waals surface area contributed by atoms with Crippen molar-refractivity contribution < 1.29 is 9.90 Å². The van der Waals surface area contributed by atoms with E-state index >= 15 is 0 Å². The van der Waals surface area contributed by atoms with E-state index in [4.69, 9.17) is 0 Å². The van der Waals surface area contributed by atoms with E-state index in [-0.39, 0.29) is 6.42 Å². The van der Waals surface area contributed by atoms with Crippen molar-refractivity contribution in [1.82, 2.24) is 4.57 Å². The van der Waals surface area contributed by atoms with Crippen LogP contribution in [-0.2, 0) is 11.3 Å². The third-order valence-electron chi connectivity index (χ3n) is 3.09. The van der Waals surface area contributed by atoms with Gasteiger partial charge in [0.05, 0.1) is 0 Å². The standard InChI is InChI=1S/C13H15NO2/c1-9-10(2)14(8-7-13(15)16)12-6-4-3-5-11(9)12/h3-6H,7-8H2,1-2H3,(H,15,16)/p-1. The molecule has 1 aromatic heterocycles. The molecular weight excluding hydrogens is 202 g/mol. The maximum Gasteiger partial charge on any atom is 0.0485 e. The molecule has 2 rings (SSSR count). The summed E-state index contributed by atoms with van der Waals surface area (Å²) in [4.78, 5) is 10.5. The van der Waals surface area contributed by atoms with Crippen LogP contribution in [0.5, 0.6) is 0 Å². The van der Waals surface area contributed by atoms with Gasteiger partial charge in [-0.2, -0.15) is 0 Å². The van der Waals surface area contributed by atoms with Crippen LogP contribution in [0.15, 0.2) is 24.3 Å². The number of carbonyl (C=O) groups is 1. The molecule has 3 heteroatoms. The minimum Gasteiger partial charge on any atom is -0.550 e. The fourth-order valence-electron chi connectivity index (χ4n) is 2.10. The van der Waals surface area contributed by atoms with Gasteiger partial charge < -0.3 is 14.5 Å². The van der Waals surface area contributed by atoms with Gasteiger partial charge in [0, 0.05) is 35.5 Å². The molecule has 16 heavy (non-hydrogen) atoms. The van der Waals surface area contributed by atoms with Crippen LogP contribution in [0.25, 0.3) is 10.9 Å². The Kier molecular flexibility index (Phi) is 2.69. The predicted octanol–water partition coefficient (Wildman–Crippen LogP) is 1.40. The topological polar surface area (TPSA) is 45.1 Å². The number of hydrogen-bond donors (Lipinski definition) is 0. The number of aromatic nitrogens is 1. The van der Waals surface area contributed by atoms with Crippen LogP contribution < -0.4 is 5.11 Å². The number of aliphatic carboxylic acids is 1. The zero-order chi connectivity index (χ0) is 11.7. The average molecular weight is 216 g/mol. The molecule has 0 bridgehead atoms. The largest absolute Gasteiger partial charge is 0.550 e. The normalized spacial score (nSPS) is 10.9. The Morgan fingerprint density at radius 3 is 2.69 bits per heavy atom. The van der Waals surface area contributed by atoms with E-state index in [2.05, 4.69) is 13.0 Å². The lowest BCUT2D eigenvalue weighted by Crippen LogP contribution is -2.23. The third kappa shape index (κ3) is 1.69. The highest BCUT2D eigenvalue weighted by molar-refractivity contribution is 5.85. The van der Waals surface area contributed by atoms with Crippen LogP contribution in [0.2, 0.25) is 0 Å². The highest BCUT2D eigenvalue weighted by Crippen LogP contribution is 2.24. The van der Waals surface area contributed by atoms with Crippen molar-refractivity contribution in [3.8, 4) is 0 Å². The number of rotatable bonds is 3. The minimum absolute atomic E-state index is 0.0545. The third-order valence-corrected chi connectivity index (χ3v) is 3.09. The molecule has 0 fully saturated rings. The van der Waals surface area contributed by atoms with Gasteiger partial charge in [-0.25, -0.2) is 0 Å². The maximum absolute atomic E-state index is 10.5. The summed E-state index contributed by atoms with van der Waals surface area (Å²) < 4.78 is 2.04. The average Bonchev–Trinajstić information content (AvgIpc) is 2.50. The highest BCUT2D eigenvalue weighted by atomic mass is 16.4. The second-order valence-corrected chi connectivity index (χ2v) is 4.00. The summed E-state index contributed by atoms with van der Waals surface area (Å²) in [6.07, 6.45) is 0.0545. The molecule has 0 aliphatic heterocycles. The minimum atomic E-state index is -1.00. The maximum atomic E-state index is 10.5. The highest BCUT2D eigenvalue weighted by Gasteiger charge is 2.09. The quantitative estimate of drug-likeness (QED) is 0.778. The molecule has 0 atom stereocenters. The zero-order valence-electron chi connectivity index (χ0n) is 9.49. The molecular formula is C13H14NO2-. The monoisotopic (exact) mass is 216 g/mol. The summed E-state index contributed by atoms with van der Waals surface area (Å²) in [7, 11) is 0. The van der Waals surface area contributed by atoms with E-state index < -0.39 is 5.97 Å². The Bertz CT molecular complexity index is 540. The molecule has 0 radical (unpaired) electrons. The molecule has 0 aliphatic rings. The van der Waals surface area contributed by atoms with Gasteiger partial charge in [-0.1, -0.05) is 18.2 Å². The Hall–Kier alpha value is -1.77. The number of aryl methyl sites for hydroxylation is 2. The molecule has 1 aromatic carbocycles. The van der Waals surface area contributed by atoms with Crippen LogP contribution in [0, 0.1) is 13.8 Å². The summed E-state index contributed by atoms with van der Waals surface area (Å²) in [5.74, 6) is -1.00. The van der Waals surface area contributed by atoms with Crippen molar-refractivity contribution in [2.75, 3.05) is 0 Å². The van der Waals surface area contributed by atoms with E-state index in [1.807, 2.05) is 29.7 Å². The molecule has 0 saturated heterocycles. The zero-order valence-corrected chi connectivity index (χ0v) is 9.49. The van der Waals surface area contributed by atoms with Gasteiger partial charge in [0.25, 0.3) is 0 Å². The molecule has 1 heterocycles. The Morgan fingerprint density at radius 1 is 1.31 bits per heavy atom. The molecule has 84 valence electrons. The van der Waals surface area contributed by atoms with Crippen molar-refractivity contribution in [2.45, 2.75) is 26.8 Å². The Labute approximate surface area is 94.3 Å². The second kappa shape index (κ2) is 4.00. The second-order valence-electron chi connectivity index (χ2n) is 4.00. The fourth-order valence-corrected chi connectivity index (χ4v) is 2.10. The number of fused-ring (bicyclic) bond motifs is 1.